The number of hydrogen-bond donors (Lipinski definition) is 1. The summed E-state index contributed by atoms with van der Waals surface area (Å²) >= 11 is 9.47. The van der Waals surface area contributed by atoms with Crippen molar-refractivity contribution in [2.24, 2.45) is 0 Å². The third kappa shape index (κ3) is 3.71. The molecule has 94 valence electrons. The van der Waals surface area contributed by atoms with E-state index in [1.165, 1.54) is 14.7 Å². The summed E-state index contributed by atoms with van der Waals surface area (Å²) < 4.78 is 3.46. The number of nitrogens with one attached hydrogen (secondary N) is 1. The van der Waals surface area contributed by atoms with Crippen molar-refractivity contribution in [3.8, 4) is 0 Å². The third-order valence-corrected chi connectivity index (χ3v) is 4.71. The minimum absolute atomic E-state index is 0.805. The predicted octanol–water partition coefficient (Wildman–Crippen LogP) is 5.74. The zero-order valence-corrected chi connectivity index (χ0v) is 15.1. The summed E-state index contributed by atoms with van der Waals surface area (Å²) in [6.45, 7) is 2.90. The summed E-state index contributed by atoms with van der Waals surface area (Å²) in [6.07, 6.45) is 0. The molecule has 0 spiro atoms. The Labute approximate surface area is 138 Å². The third-order valence-electron chi connectivity index (χ3n) is 2.61. The fraction of sp³-hybridized carbons (Fsp3) is 0.143. The highest BCUT2D eigenvalue weighted by molar-refractivity contribution is 14.1. The number of aryl methyl sites for hydroxylation is 1. The average Bonchev–Trinajstić information content (AvgIpc) is 2.32. The largest absolute Gasteiger partial charge is 0.380 e. The van der Waals surface area contributed by atoms with Gasteiger partial charge in [0.15, 0.2) is 0 Å². The lowest BCUT2D eigenvalue weighted by Crippen LogP contribution is -2.01. The lowest BCUT2D eigenvalue weighted by molar-refractivity contribution is 1.13. The molecule has 0 aliphatic carbocycles. The van der Waals surface area contributed by atoms with Gasteiger partial charge in [-0.25, -0.2) is 0 Å². The maximum absolute atomic E-state index is 3.60. The van der Waals surface area contributed by atoms with Crippen LogP contribution in [0.4, 0.5) is 5.69 Å². The normalized spacial score (nSPS) is 10.4. The fourth-order valence-electron chi connectivity index (χ4n) is 1.62. The van der Waals surface area contributed by atoms with Gasteiger partial charge in [0.25, 0.3) is 0 Å². The molecule has 2 aromatic rings. The monoisotopic (exact) mass is 479 g/mol. The highest BCUT2D eigenvalue weighted by Gasteiger charge is 2.03. The van der Waals surface area contributed by atoms with E-state index in [2.05, 4.69) is 103 Å². The van der Waals surface area contributed by atoms with E-state index in [4.69, 9.17) is 0 Å². The zero-order valence-electron chi connectivity index (χ0n) is 9.81. The van der Waals surface area contributed by atoms with Crippen molar-refractivity contribution >= 4 is 60.1 Å². The van der Waals surface area contributed by atoms with Crippen molar-refractivity contribution in [2.45, 2.75) is 13.5 Å². The smallest absolute Gasteiger partial charge is 0.0497 e. The van der Waals surface area contributed by atoms with Crippen LogP contribution >= 0.6 is 54.5 Å². The van der Waals surface area contributed by atoms with Crippen LogP contribution < -0.4 is 5.32 Å². The molecule has 0 atom stereocenters. The van der Waals surface area contributed by atoms with Crippen LogP contribution in [0.25, 0.3) is 0 Å². The lowest BCUT2D eigenvalue weighted by Gasteiger charge is -2.11. The van der Waals surface area contributed by atoms with E-state index in [9.17, 15) is 0 Å². The summed E-state index contributed by atoms with van der Waals surface area (Å²) in [4.78, 5) is 0. The molecular formula is C14H12Br2IN. The van der Waals surface area contributed by atoms with Crippen LogP contribution in [0, 0.1) is 10.5 Å². The van der Waals surface area contributed by atoms with Gasteiger partial charge >= 0.3 is 0 Å². The molecule has 18 heavy (non-hydrogen) atoms. The van der Waals surface area contributed by atoms with Gasteiger partial charge in [0.2, 0.25) is 0 Å². The van der Waals surface area contributed by atoms with Gasteiger partial charge in [0.1, 0.15) is 0 Å². The summed E-state index contributed by atoms with van der Waals surface area (Å²) in [5.41, 5.74) is 3.64. The Balaban J connectivity index is 2.13. The summed E-state index contributed by atoms with van der Waals surface area (Å²) in [5, 5.41) is 3.45. The van der Waals surface area contributed by atoms with Crippen molar-refractivity contribution in [2.75, 3.05) is 5.32 Å². The van der Waals surface area contributed by atoms with Crippen molar-refractivity contribution in [1.29, 1.82) is 0 Å². The number of hydrogen-bond acceptors (Lipinski definition) is 1. The van der Waals surface area contributed by atoms with E-state index < -0.39 is 0 Å². The molecule has 2 rings (SSSR count). The summed E-state index contributed by atoms with van der Waals surface area (Å²) in [5.74, 6) is 0. The predicted molar refractivity (Wildman–Crippen MR) is 93.1 cm³/mol. The molecule has 1 nitrogen and oxygen atoms in total. The Morgan fingerprint density at radius 2 is 1.83 bits per heavy atom. The fourth-order valence-corrected chi connectivity index (χ4v) is 3.13. The lowest BCUT2D eigenvalue weighted by atomic mass is 10.1. The van der Waals surface area contributed by atoms with Crippen molar-refractivity contribution in [3.05, 3.63) is 60.0 Å². The van der Waals surface area contributed by atoms with Crippen LogP contribution in [0.2, 0.25) is 0 Å². The number of benzene rings is 2. The molecule has 4 heteroatoms. The molecule has 0 aliphatic heterocycles. The highest BCUT2D eigenvalue weighted by atomic mass is 127. The minimum atomic E-state index is 0.805. The van der Waals surface area contributed by atoms with Crippen LogP contribution in [0.15, 0.2) is 45.3 Å². The Bertz CT molecular complexity index is 570. The van der Waals surface area contributed by atoms with Gasteiger partial charge in [-0.1, -0.05) is 28.1 Å². The van der Waals surface area contributed by atoms with Crippen molar-refractivity contribution in [3.63, 3.8) is 0 Å². The SMILES string of the molecule is Cc1ccc(CNc2cc(I)ccc2Br)c(Br)c1. The molecule has 2 aromatic carbocycles. The van der Waals surface area contributed by atoms with Crippen LogP contribution in [0.5, 0.6) is 0 Å². The molecule has 0 bridgehead atoms. The molecule has 0 fully saturated rings. The van der Waals surface area contributed by atoms with Crippen molar-refractivity contribution < 1.29 is 0 Å². The molecule has 0 heterocycles. The minimum Gasteiger partial charge on any atom is -0.380 e. The maximum atomic E-state index is 3.60. The van der Waals surface area contributed by atoms with Crippen LogP contribution in [0.3, 0.4) is 0 Å². The first-order valence-corrected chi connectivity index (χ1v) is 8.16. The molecular weight excluding hydrogens is 469 g/mol. The van der Waals surface area contributed by atoms with Gasteiger partial charge in [0.05, 0.1) is 0 Å². The van der Waals surface area contributed by atoms with E-state index in [0.717, 1.165) is 21.2 Å². The first-order chi connectivity index (χ1) is 8.56. The summed E-state index contributed by atoms with van der Waals surface area (Å²) in [7, 11) is 0. The van der Waals surface area contributed by atoms with Gasteiger partial charge < -0.3 is 5.32 Å². The maximum Gasteiger partial charge on any atom is 0.0497 e. The topological polar surface area (TPSA) is 12.0 Å². The second kappa shape index (κ2) is 6.39. The molecule has 0 radical (unpaired) electrons. The average molecular weight is 481 g/mol. The number of anilines is 1. The van der Waals surface area contributed by atoms with Gasteiger partial charge in [-0.2, -0.15) is 0 Å². The standard InChI is InChI=1S/C14H12Br2IN/c1-9-2-3-10(13(16)6-9)8-18-14-7-11(17)4-5-12(14)15/h2-7,18H,8H2,1H3. The van der Waals surface area contributed by atoms with Crippen LogP contribution in [-0.4, -0.2) is 0 Å². The number of rotatable bonds is 3. The van der Waals surface area contributed by atoms with E-state index in [1.807, 2.05) is 0 Å². The first kappa shape index (κ1) is 14.3. The summed E-state index contributed by atoms with van der Waals surface area (Å²) in [6, 6.07) is 12.7. The van der Waals surface area contributed by atoms with Gasteiger partial charge in [0, 0.05) is 24.7 Å². The second-order valence-electron chi connectivity index (χ2n) is 4.07. The Morgan fingerprint density at radius 1 is 1.06 bits per heavy atom. The van der Waals surface area contributed by atoms with E-state index in [1.54, 1.807) is 0 Å². The highest BCUT2D eigenvalue weighted by Crippen LogP contribution is 2.26. The molecule has 1 N–H and O–H groups in total. The molecule has 0 aliphatic rings. The first-order valence-electron chi connectivity index (χ1n) is 5.50. The second-order valence-corrected chi connectivity index (χ2v) is 7.03. The van der Waals surface area contributed by atoms with Gasteiger partial charge in [-0.3, -0.25) is 0 Å². The van der Waals surface area contributed by atoms with E-state index in [-0.39, 0.29) is 0 Å². The molecule has 0 unspecified atom stereocenters. The molecule has 0 saturated carbocycles. The van der Waals surface area contributed by atoms with Crippen LogP contribution in [-0.2, 0) is 6.54 Å². The van der Waals surface area contributed by atoms with Gasteiger partial charge in [-0.05, 0) is 80.8 Å². The molecule has 0 amide bonds. The zero-order chi connectivity index (χ0) is 13.1. The van der Waals surface area contributed by atoms with Crippen LogP contribution in [0.1, 0.15) is 11.1 Å². The van der Waals surface area contributed by atoms with Gasteiger partial charge in [-0.15, -0.1) is 0 Å². The van der Waals surface area contributed by atoms with E-state index >= 15 is 0 Å². The Morgan fingerprint density at radius 3 is 2.56 bits per heavy atom. The Hall–Kier alpha value is -0.0700. The quantitative estimate of drug-likeness (QED) is 0.553. The van der Waals surface area contributed by atoms with Crippen molar-refractivity contribution in [1.82, 2.24) is 0 Å². The van der Waals surface area contributed by atoms with E-state index in [0.29, 0.717) is 0 Å². The number of halogens is 3. The molecule has 0 aromatic heterocycles. The molecule has 0 saturated heterocycles. The Kier molecular flexibility index (Phi) is 5.09.